The molecule has 2 rings (SSSR count). The first-order valence-electron chi connectivity index (χ1n) is 7.97. The number of halogens is 1. The van der Waals surface area contributed by atoms with E-state index < -0.39 is 0 Å². The fourth-order valence-electron chi connectivity index (χ4n) is 2.98. The van der Waals surface area contributed by atoms with Crippen molar-refractivity contribution in [2.24, 2.45) is 0 Å². The summed E-state index contributed by atoms with van der Waals surface area (Å²) in [5.41, 5.74) is 1.78. The smallest absolute Gasteiger partial charge is 0.146 e. The lowest BCUT2D eigenvalue weighted by Gasteiger charge is -2.35. The Morgan fingerprint density at radius 2 is 2.10 bits per heavy atom. The predicted octanol–water partition coefficient (Wildman–Crippen LogP) is 3.50. The fourth-order valence-corrected chi connectivity index (χ4v) is 2.98. The molecule has 21 heavy (non-hydrogen) atoms. The minimum Gasteiger partial charge on any atom is -0.381 e. The van der Waals surface area contributed by atoms with Crippen LogP contribution in [0.25, 0.3) is 0 Å². The van der Waals surface area contributed by atoms with Gasteiger partial charge in [-0.25, -0.2) is 4.39 Å². The summed E-state index contributed by atoms with van der Waals surface area (Å²) in [5, 5.41) is 3.46. The van der Waals surface area contributed by atoms with E-state index >= 15 is 0 Å². The van der Waals surface area contributed by atoms with E-state index in [1.165, 1.54) is 0 Å². The number of benzene rings is 1. The van der Waals surface area contributed by atoms with Crippen molar-refractivity contribution in [2.45, 2.75) is 45.2 Å². The van der Waals surface area contributed by atoms with Crippen LogP contribution in [0.3, 0.4) is 0 Å². The predicted molar refractivity (Wildman–Crippen MR) is 85.4 cm³/mol. The molecule has 1 unspecified atom stereocenters. The summed E-state index contributed by atoms with van der Waals surface area (Å²) in [6.45, 7) is 6.72. The maximum atomic E-state index is 14.4. The van der Waals surface area contributed by atoms with Crippen LogP contribution in [0.5, 0.6) is 0 Å². The number of rotatable bonds is 6. The Hall–Kier alpha value is -1.13. The molecule has 0 bridgehead atoms. The highest BCUT2D eigenvalue weighted by Gasteiger charge is 2.24. The molecule has 1 N–H and O–H groups in total. The third-order valence-corrected chi connectivity index (χ3v) is 4.28. The van der Waals surface area contributed by atoms with Crippen LogP contribution in [0.1, 0.15) is 44.7 Å². The summed E-state index contributed by atoms with van der Waals surface area (Å²) in [5.74, 6) is -0.133. The normalized spacial score (nSPS) is 17.7. The highest BCUT2D eigenvalue weighted by atomic mass is 19.1. The molecule has 0 radical (unpaired) electrons. The van der Waals surface area contributed by atoms with Crippen LogP contribution in [-0.2, 0) is 4.74 Å². The van der Waals surface area contributed by atoms with Crippen LogP contribution in [0, 0.1) is 5.82 Å². The molecular formula is C17H27FN2O. The molecule has 1 aliphatic heterocycles. The monoisotopic (exact) mass is 294 g/mol. The van der Waals surface area contributed by atoms with Gasteiger partial charge in [-0.3, -0.25) is 0 Å². The molecule has 3 nitrogen and oxygen atoms in total. The van der Waals surface area contributed by atoms with Gasteiger partial charge in [0.15, 0.2) is 0 Å². The van der Waals surface area contributed by atoms with Crippen LogP contribution in [0.4, 0.5) is 10.1 Å². The molecule has 118 valence electrons. The first-order chi connectivity index (χ1) is 10.1. The minimum absolute atomic E-state index is 0.133. The Kier molecular flexibility index (Phi) is 6.00. The molecule has 1 heterocycles. The molecule has 1 fully saturated rings. The second-order valence-corrected chi connectivity index (χ2v) is 5.81. The zero-order valence-electron chi connectivity index (χ0n) is 13.4. The van der Waals surface area contributed by atoms with E-state index in [1.807, 2.05) is 13.1 Å². The van der Waals surface area contributed by atoms with Gasteiger partial charge in [-0.2, -0.15) is 0 Å². The molecule has 1 atom stereocenters. The molecule has 1 aliphatic rings. The number of ether oxygens (including phenoxy) is 1. The number of hydrogen-bond donors (Lipinski definition) is 1. The van der Waals surface area contributed by atoms with Crippen molar-refractivity contribution in [3.8, 4) is 0 Å². The first-order valence-corrected chi connectivity index (χ1v) is 7.97. The standard InChI is InChI=1S/C17H27FN2O/c1-4-10-19-13(2)15-6-5-7-16(18)17(15)20(3)14-8-11-21-12-9-14/h5-7,13-14,19H,4,8-12H2,1-3H3. The molecule has 1 aromatic carbocycles. The number of anilines is 1. The largest absolute Gasteiger partial charge is 0.381 e. The van der Waals surface area contributed by atoms with Gasteiger partial charge in [0.25, 0.3) is 0 Å². The zero-order chi connectivity index (χ0) is 15.2. The van der Waals surface area contributed by atoms with Crippen LogP contribution >= 0.6 is 0 Å². The van der Waals surface area contributed by atoms with Crippen LogP contribution < -0.4 is 10.2 Å². The number of nitrogens with one attached hydrogen (secondary N) is 1. The molecule has 0 spiro atoms. The van der Waals surface area contributed by atoms with Gasteiger partial charge in [0.05, 0.1) is 5.69 Å². The summed E-state index contributed by atoms with van der Waals surface area (Å²) in [4.78, 5) is 2.11. The lowest BCUT2D eigenvalue weighted by atomic mass is 10.0. The van der Waals surface area contributed by atoms with Crippen LogP contribution in [-0.4, -0.2) is 32.8 Å². The Morgan fingerprint density at radius 1 is 1.38 bits per heavy atom. The van der Waals surface area contributed by atoms with Crippen molar-refractivity contribution in [2.75, 3.05) is 31.7 Å². The lowest BCUT2D eigenvalue weighted by Crippen LogP contribution is -2.38. The Balaban J connectivity index is 2.23. The molecule has 0 aromatic heterocycles. The minimum atomic E-state index is -0.133. The Morgan fingerprint density at radius 3 is 2.76 bits per heavy atom. The highest BCUT2D eigenvalue weighted by molar-refractivity contribution is 5.56. The van der Waals surface area contributed by atoms with E-state index in [9.17, 15) is 4.39 Å². The first kappa shape index (κ1) is 16.2. The lowest BCUT2D eigenvalue weighted by molar-refractivity contribution is 0.0853. The van der Waals surface area contributed by atoms with Gasteiger partial charge in [-0.15, -0.1) is 0 Å². The zero-order valence-corrected chi connectivity index (χ0v) is 13.4. The maximum absolute atomic E-state index is 14.4. The van der Waals surface area contributed by atoms with E-state index in [2.05, 4.69) is 24.1 Å². The van der Waals surface area contributed by atoms with E-state index in [1.54, 1.807) is 12.1 Å². The molecule has 0 saturated carbocycles. The van der Waals surface area contributed by atoms with Gasteiger partial charge < -0.3 is 15.0 Å². The van der Waals surface area contributed by atoms with Crippen molar-refractivity contribution in [3.05, 3.63) is 29.6 Å². The molecular weight excluding hydrogens is 267 g/mol. The molecule has 1 saturated heterocycles. The second-order valence-electron chi connectivity index (χ2n) is 5.81. The van der Waals surface area contributed by atoms with Crippen molar-refractivity contribution in [1.82, 2.24) is 5.32 Å². The maximum Gasteiger partial charge on any atom is 0.146 e. The van der Waals surface area contributed by atoms with Gasteiger partial charge in [0.1, 0.15) is 5.82 Å². The van der Waals surface area contributed by atoms with Crippen molar-refractivity contribution in [3.63, 3.8) is 0 Å². The second kappa shape index (κ2) is 7.76. The van der Waals surface area contributed by atoms with Crippen LogP contribution in [0.2, 0.25) is 0 Å². The number of para-hydroxylation sites is 1. The van der Waals surface area contributed by atoms with Gasteiger partial charge in [-0.05, 0) is 44.4 Å². The SMILES string of the molecule is CCCNC(C)c1cccc(F)c1N(C)C1CCOCC1. The number of hydrogen-bond acceptors (Lipinski definition) is 3. The molecule has 0 amide bonds. The van der Waals surface area contributed by atoms with Gasteiger partial charge in [0.2, 0.25) is 0 Å². The Bertz CT molecular complexity index is 446. The summed E-state index contributed by atoms with van der Waals surface area (Å²) in [6, 6.07) is 5.89. The molecule has 4 heteroatoms. The van der Waals surface area contributed by atoms with E-state index in [0.717, 1.165) is 50.3 Å². The van der Waals surface area contributed by atoms with Crippen LogP contribution in [0.15, 0.2) is 18.2 Å². The topological polar surface area (TPSA) is 24.5 Å². The fraction of sp³-hybridized carbons (Fsp3) is 0.647. The Labute approximate surface area is 127 Å². The summed E-state index contributed by atoms with van der Waals surface area (Å²) < 4.78 is 19.9. The van der Waals surface area contributed by atoms with Gasteiger partial charge in [0, 0.05) is 32.3 Å². The third kappa shape index (κ3) is 3.95. The van der Waals surface area contributed by atoms with Gasteiger partial charge >= 0.3 is 0 Å². The van der Waals surface area contributed by atoms with Crippen molar-refractivity contribution < 1.29 is 9.13 Å². The molecule has 0 aliphatic carbocycles. The number of nitrogens with zero attached hydrogens (tertiary/aromatic N) is 1. The third-order valence-electron chi connectivity index (χ3n) is 4.28. The highest BCUT2D eigenvalue weighted by Crippen LogP contribution is 2.31. The van der Waals surface area contributed by atoms with E-state index in [0.29, 0.717) is 6.04 Å². The summed E-state index contributed by atoms with van der Waals surface area (Å²) in [6.07, 6.45) is 2.99. The van der Waals surface area contributed by atoms with Crippen molar-refractivity contribution in [1.29, 1.82) is 0 Å². The quantitative estimate of drug-likeness (QED) is 0.869. The van der Waals surface area contributed by atoms with Gasteiger partial charge in [-0.1, -0.05) is 19.1 Å². The van der Waals surface area contributed by atoms with Crippen molar-refractivity contribution >= 4 is 5.69 Å². The summed E-state index contributed by atoms with van der Waals surface area (Å²) >= 11 is 0. The molecule has 1 aromatic rings. The summed E-state index contributed by atoms with van der Waals surface area (Å²) in [7, 11) is 2.00. The van der Waals surface area contributed by atoms with E-state index in [4.69, 9.17) is 4.74 Å². The average Bonchev–Trinajstić information content (AvgIpc) is 2.52. The average molecular weight is 294 g/mol. The van der Waals surface area contributed by atoms with E-state index in [-0.39, 0.29) is 11.9 Å².